The highest BCUT2D eigenvalue weighted by molar-refractivity contribution is 5.98. The molecule has 2 atom stereocenters. The summed E-state index contributed by atoms with van der Waals surface area (Å²) in [5.41, 5.74) is 0.614. The molecule has 2 amide bonds. The van der Waals surface area contributed by atoms with E-state index < -0.39 is 17.9 Å². The summed E-state index contributed by atoms with van der Waals surface area (Å²) in [4.78, 5) is 40.4. The van der Waals surface area contributed by atoms with Crippen molar-refractivity contribution in [3.63, 3.8) is 0 Å². The fourth-order valence-corrected chi connectivity index (χ4v) is 2.27. The topological polar surface area (TPSA) is 122 Å². The van der Waals surface area contributed by atoms with Crippen LogP contribution in [0.2, 0.25) is 0 Å². The molecule has 1 aromatic rings. The molecule has 0 aromatic carbocycles. The third-order valence-electron chi connectivity index (χ3n) is 3.60. The number of nitrogens with one attached hydrogen (secondary N) is 2. The SMILES string of the molecule is CC(C)[C@@H](C(=O)O)N(C)C(=O)c1ccc(NC(=O)[C@H]2CN2)cn1. The van der Waals surface area contributed by atoms with Crippen molar-refractivity contribution in [2.24, 2.45) is 5.92 Å². The summed E-state index contributed by atoms with van der Waals surface area (Å²) in [7, 11) is 1.44. The Kier molecular flexibility index (Phi) is 4.95. The lowest BCUT2D eigenvalue weighted by Gasteiger charge is -2.27. The van der Waals surface area contributed by atoms with Gasteiger partial charge in [-0.1, -0.05) is 13.8 Å². The van der Waals surface area contributed by atoms with E-state index in [-0.39, 0.29) is 23.6 Å². The van der Waals surface area contributed by atoms with Gasteiger partial charge in [0.05, 0.1) is 17.9 Å². The molecule has 3 N–H and O–H groups in total. The van der Waals surface area contributed by atoms with Crippen molar-refractivity contribution in [2.75, 3.05) is 18.9 Å². The highest BCUT2D eigenvalue weighted by atomic mass is 16.4. The van der Waals surface area contributed by atoms with E-state index in [1.165, 1.54) is 24.2 Å². The molecule has 0 unspecified atom stereocenters. The van der Waals surface area contributed by atoms with Crippen LogP contribution in [0.1, 0.15) is 24.3 Å². The fraction of sp³-hybridized carbons (Fsp3) is 0.467. The summed E-state index contributed by atoms with van der Waals surface area (Å²) in [6.07, 6.45) is 1.38. The van der Waals surface area contributed by atoms with E-state index in [4.69, 9.17) is 0 Å². The van der Waals surface area contributed by atoms with Gasteiger partial charge in [-0.15, -0.1) is 0 Å². The van der Waals surface area contributed by atoms with Gasteiger partial charge in [-0.2, -0.15) is 0 Å². The molecule has 0 aliphatic carbocycles. The molecule has 2 rings (SSSR count). The first kappa shape index (κ1) is 16.9. The van der Waals surface area contributed by atoms with Crippen LogP contribution in [-0.4, -0.2) is 58.5 Å². The minimum Gasteiger partial charge on any atom is -0.480 e. The zero-order chi connectivity index (χ0) is 17.1. The molecule has 0 bridgehead atoms. The van der Waals surface area contributed by atoms with Crippen LogP contribution in [0.4, 0.5) is 5.69 Å². The Morgan fingerprint density at radius 2 is 2.04 bits per heavy atom. The number of carbonyl (C=O) groups is 3. The second kappa shape index (κ2) is 6.74. The first-order chi connectivity index (χ1) is 10.8. The number of carboxylic acid groups (broad SMARTS) is 1. The number of rotatable bonds is 6. The van der Waals surface area contributed by atoms with Crippen LogP contribution < -0.4 is 10.6 Å². The third-order valence-corrected chi connectivity index (χ3v) is 3.60. The number of likely N-dealkylation sites (N-methyl/N-ethyl adjacent to an activating group) is 1. The maximum absolute atomic E-state index is 12.3. The Morgan fingerprint density at radius 3 is 2.48 bits per heavy atom. The third kappa shape index (κ3) is 4.04. The van der Waals surface area contributed by atoms with Gasteiger partial charge in [0.25, 0.3) is 5.91 Å². The molecule has 0 radical (unpaired) electrons. The first-order valence-corrected chi connectivity index (χ1v) is 7.31. The Bertz CT molecular complexity index is 610. The number of aromatic nitrogens is 1. The van der Waals surface area contributed by atoms with Gasteiger partial charge in [0.15, 0.2) is 0 Å². The number of anilines is 1. The van der Waals surface area contributed by atoms with Gasteiger partial charge in [0.1, 0.15) is 11.7 Å². The average Bonchev–Trinajstić information content (AvgIpc) is 3.31. The minimum atomic E-state index is -1.06. The number of hydrogen-bond acceptors (Lipinski definition) is 5. The molecule has 0 saturated carbocycles. The van der Waals surface area contributed by atoms with Crippen molar-refractivity contribution < 1.29 is 19.5 Å². The van der Waals surface area contributed by atoms with E-state index in [0.717, 1.165) is 0 Å². The number of nitrogens with zero attached hydrogens (tertiary/aromatic N) is 2. The van der Waals surface area contributed by atoms with E-state index in [1.54, 1.807) is 19.9 Å². The zero-order valence-corrected chi connectivity index (χ0v) is 13.2. The molecule has 1 aromatic heterocycles. The van der Waals surface area contributed by atoms with Gasteiger partial charge in [-0.05, 0) is 18.1 Å². The second-order valence-corrected chi connectivity index (χ2v) is 5.83. The summed E-state index contributed by atoms with van der Waals surface area (Å²) in [6, 6.07) is 1.95. The molecule has 8 heteroatoms. The van der Waals surface area contributed by atoms with Crippen LogP contribution in [0.15, 0.2) is 18.3 Å². The van der Waals surface area contributed by atoms with Gasteiger partial charge < -0.3 is 20.6 Å². The molecule has 1 aliphatic rings. The van der Waals surface area contributed by atoms with Crippen LogP contribution in [0, 0.1) is 5.92 Å². The van der Waals surface area contributed by atoms with Crippen LogP contribution in [0.5, 0.6) is 0 Å². The molecule has 23 heavy (non-hydrogen) atoms. The lowest BCUT2D eigenvalue weighted by molar-refractivity contribution is -0.143. The molecule has 0 spiro atoms. The molecule has 8 nitrogen and oxygen atoms in total. The summed E-state index contributed by atoms with van der Waals surface area (Å²) in [5, 5.41) is 14.8. The molecule has 1 saturated heterocycles. The number of carbonyl (C=O) groups excluding carboxylic acids is 2. The second-order valence-electron chi connectivity index (χ2n) is 5.83. The van der Waals surface area contributed by atoms with Crippen molar-refractivity contribution in [3.05, 3.63) is 24.0 Å². The van der Waals surface area contributed by atoms with E-state index in [0.29, 0.717) is 12.2 Å². The highest BCUT2D eigenvalue weighted by Crippen LogP contribution is 2.14. The van der Waals surface area contributed by atoms with Crippen molar-refractivity contribution in [1.82, 2.24) is 15.2 Å². The van der Waals surface area contributed by atoms with Crippen molar-refractivity contribution >= 4 is 23.5 Å². The Morgan fingerprint density at radius 1 is 1.39 bits per heavy atom. The predicted octanol–water partition coefficient (Wildman–Crippen LogP) is 0.173. The van der Waals surface area contributed by atoms with Crippen molar-refractivity contribution in [2.45, 2.75) is 25.9 Å². The van der Waals surface area contributed by atoms with Crippen LogP contribution in [0.3, 0.4) is 0 Å². The number of amides is 2. The van der Waals surface area contributed by atoms with Crippen LogP contribution >= 0.6 is 0 Å². The van der Waals surface area contributed by atoms with E-state index in [1.807, 2.05) is 0 Å². The van der Waals surface area contributed by atoms with Crippen LogP contribution in [0.25, 0.3) is 0 Å². The molecule has 2 heterocycles. The zero-order valence-electron chi connectivity index (χ0n) is 13.2. The van der Waals surface area contributed by atoms with Crippen LogP contribution in [-0.2, 0) is 9.59 Å². The summed E-state index contributed by atoms with van der Waals surface area (Å²) in [5.74, 6) is -1.91. The number of aliphatic carboxylic acids is 1. The fourth-order valence-electron chi connectivity index (χ4n) is 2.27. The smallest absolute Gasteiger partial charge is 0.326 e. The highest BCUT2D eigenvalue weighted by Gasteiger charge is 2.31. The van der Waals surface area contributed by atoms with Gasteiger partial charge in [0.2, 0.25) is 5.91 Å². The molecular weight excluding hydrogens is 300 g/mol. The number of carboxylic acids is 1. The van der Waals surface area contributed by atoms with E-state index >= 15 is 0 Å². The predicted molar refractivity (Wildman–Crippen MR) is 83.0 cm³/mol. The Hall–Kier alpha value is -2.48. The van der Waals surface area contributed by atoms with E-state index in [2.05, 4.69) is 15.6 Å². The average molecular weight is 320 g/mol. The maximum Gasteiger partial charge on any atom is 0.326 e. The standard InChI is InChI=1S/C15H20N4O4/c1-8(2)12(15(22)23)19(3)14(21)10-5-4-9(6-16-10)18-13(20)11-7-17-11/h4-6,8,11-12,17H,7H2,1-3H3,(H,18,20)(H,22,23)/t11-,12+/m1/s1. The lowest BCUT2D eigenvalue weighted by atomic mass is 10.0. The Balaban J connectivity index is 2.06. The normalized spacial score (nSPS) is 17.5. The summed E-state index contributed by atoms with van der Waals surface area (Å²) in [6.45, 7) is 4.13. The van der Waals surface area contributed by atoms with Gasteiger partial charge in [0, 0.05) is 13.6 Å². The quantitative estimate of drug-likeness (QED) is 0.643. The van der Waals surface area contributed by atoms with Crippen molar-refractivity contribution in [1.29, 1.82) is 0 Å². The summed E-state index contributed by atoms with van der Waals surface area (Å²) < 4.78 is 0. The molecular formula is C15H20N4O4. The first-order valence-electron chi connectivity index (χ1n) is 7.31. The minimum absolute atomic E-state index is 0.127. The summed E-state index contributed by atoms with van der Waals surface area (Å²) >= 11 is 0. The lowest BCUT2D eigenvalue weighted by Crippen LogP contribution is -2.45. The van der Waals surface area contributed by atoms with E-state index in [9.17, 15) is 19.5 Å². The van der Waals surface area contributed by atoms with Crippen molar-refractivity contribution in [3.8, 4) is 0 Å². The van der Waals surface area contributed by atoms with Gasteiger partial charge in [-0.25, -0.2) is 9.78 Å². The number of hydrogen-bond donors (Lipinski definition) is 3. The monoisotopic (exact) mass is 320 g/mol. The molecule has 124 valence electrons. The maximum atomic E-state index is 12.3. The van der Waals surface area contributed by atoms with Gasteiger partial charge in [-0.3, -0.25) is 9.59 Å². The Labute approximate surface area is 133 Å². The molecule has 1 fully saturated rings. The van der Waals surface area contributed by atoms with Gasteiger partial charge >= 0.3 is 5.97 Å². The largest absolute Gasteiger partial charge is 0.480 e. The number of pyridine rings is 1. The molecule has 1 aliphatic heterocycles.